The molecular formula is C11H14O3S. The van der Waals surface area contributed by atoms with Crippen LogP contribution in [0.3, 0.4) is 0 Å². The van der Waals surface area contributed by atoms with Crippen LogP contribution >= 0.6 is 0 Å². The minimum absolute atomic E-state index is 0.0526. The molecule has 1 aromatic rings. The van der Waals surface area contributed by atoms with Gasteiger partial charge in [-0.15, -0.1) is 0 Å². The molecule has 0 spiro atoms. The third-order valence-electron chi connectivity index (χ3n) is 2.62. The van der Waals surface area contributed by atoms with Crippen LogP contribution in [0.1, 0.15) is 18.4 Å². The van der Waals surface area contributed by atoms with Crippen LogP contribution in [-0.2, 0) is 16.4 Å². The van der Waals surface area contributed by atoms with Gasteiger partial charge < -0.3 is 5.11 Å². The van der Waals surface area contributed by atoms with Crippen LogP contribution in [-0.4, -0.2) is 19.3 Å². The van der Waals surface area contributed by atoms with Crippen molar-refractivity contribution in [3.63, 3.8) is 0 Å². The maximum Gasteiger partial charge on any atom is 0.178 e. The van der Waals surface area contributed by atoms with Crippen molar-refractivity contribution in [2.24, 2.45) is 5.92 Å². The third-order valence-corrected chi connectivity index (χ3v) is 4.52. The van der Waals surface area contributed by atoms with E-state index in [1.165, 1.54) is 0 Å². The molecule has 1 aliphatic rings. The Morgan fingerprint density at radius 3 is 2.27 bits per heavy atom. The Balaban J connectivity index is 2.19. The quantitative estimate of drug-likeness (QED) is 0.843. The largest absolute Gasteiger partial charge is 0.392 e. The van der Waals surface area contributed by atoms with Crippen molar-refractivity contribution in [1.82, 2.24) is 0 Å². The molecule has 1 N–H and O–H groups in total. The average molecular weight is 226 g/mol. The minimum atomic E-state index is -3.10. The first-order chi connectivity index (χ1) is 7.12. The molecule has 0 aromatic heterocycles. The Bertz CT molecular complexity index is 429. The second kappa shape index (κ2) is 3.94. The van der Waals surface area contributed by atoms with E-state index in [4.69, 9.17) is 5.11 Å². The molecule has 0 saturated heterocycles. The topological polar surface area (TPSA) is 54.4 Å². The molecule has 0 unspecified atom stereocenters. The van der Waals surface area contributed by atoms with E-state index in [0.29, 0.717) is 10.8 Å². The smallest absolute Gasteiger partial charge is 0.178 e. The van der Waals surface area contributed by atoms with Crippen molar-refractivity contribution in [3.8, 4) is 0 Å². The fourth-order valence-electron chi connectivity index (χ4n) is 1.49. The van der Waals surface area contributed by atoms with Crippen LogP contribution in [0.25, 0.3) is 0 Å². The number of hydrogen-bond acceptors (Lipinski definition) is 3. The summed E-state index contributed by atoms with van der Waals surface area (Å²) in [5, 5.41) is 8.84. The summed E-state index contributed by atoms with van der Waals surface area (Å²) in [6.07, 6.45) is 2.07. The predicted molar refractivity (Wildman–Crippen MR) is 57.1 cm³/mol. The Kier molecular flexibility index (Phi) is 2.80. The number of sulfone groups is 1. The summed E-state index contributed by atoms with van der Waals surface area (Å²) in [4.78, 5) is 0.367. The molecule has 0 bridgehead atoms. The molecule has 0 heterocycles. The van der Waals surface area contributed by atoms with Gasteiger partial charge in [0.2, 0.25) is 0 Å². The van der Waals surface area contributed by atoms with Crippen molar-refractivity contribution < 1.29 is 13.5 Å². The molecule has 0 aliphatic heterocycles. The highest BCUT2D eigenvalue weighted by Gasteiger charge is 2.28. The first-order valence-electron chi connectivity index (χ1n) is 5.04. The second-order valence-corrected chi connectivity index (χ2v) is 6.06. The van der Waals surface area contributed by atoms with Crippen LogP contribution in [0.15, 0.2) is 29.2 Å². The van der Waals surface area contributed by atoms with E-state index in [9.17, 15) is 8.42 Å². The molecule has 1 saturated carbocycles. The predicted octanol–water partition coefficient (Wildman–Crippen LogP) is 1.36. The van der Waals surface area contributed by atoms with Gasteiger partial charge in [0.25, 0.3) is 0 Å². The van der Waals surface area contributed by atoms with E-state index in [2.05, 4.69) is 0 Å². The van der Waals surface area contributed by atoms with E-state index >= 15 is 0 Å². The fourth-order valence-corrected chi connectivity index (χ4v) is 3.19. The molecule has 1 aliphatic carbocycles. The molecule has 4 heteroatoms. The van der Waals surface area contributed by atoms with Crippen LogP contribution in [0, 0.1) is 5.92 Å². The Morgan fingerprint density at radius 2 is 1.80 bits per heavy atom. The monoisotopic (exact) mass is 226 g/mol. The molecule has 15 heavy (non-hydrogen) atoms. The molecule has 0 atom stereocenters. The van der Waals surface area contributed by atoms with Crippen molar-refractivity contribution in [2.75, 3.05) is 5.75 Å². The maximum absolute atomic E-state index is 11.8. The van der Waals surface area contributed by atoms with E-state index in [-0.39, 0.29) is 12.4 Å². The van der Waals surface area contributed by atoms with Gasteiger partial charge in [-0.3, -0.25) is 0 Å². The third kappa shape index (κ3) is 2.58. The standard InChI is InChI=1S/C11H14O3S/c12-7-9-3-5-11(6-4-9)15(13,14)8-10-1-2-10/h3-6,10,12H,1-2,7-8H2. The SMILES string of the molecule is O=S(=O)(CC1CC1)c1ccc(CO)cc1. The maximum atomic E-state index is 11.8. The van der Waals surface area contributed by atoms with Gasteiger partial charge in [0, 0.05) is 0 Å². The van der Waals surface area contributed by atoms with E-state index in [1.807, 2.05) is 0 Å². The van der Waals surface area contributed by atoms with Gasteiger partial charge in [0.1, 0.15) is 0 Å². The lowest BCUT2D eigenvalue weighted by Crippen LogP contribution is -2.08. The van der Waals surface area contributed by atoms with Crippen LogP contribution in [0.5, 0.6) is 0 Å². The first kappa shape index (κ1) is 10.6. The zero-order valence-electron chi connectivity index (χ0n) is 8.39. The van der Waals surface area contributed by atoms with Crippen LogP contribution < -0.4 is 0 Å². The van der Waals surface area contributed by atoms with E-state index in [0.717, 1.165) is 18.4 Å². The summed E-state index contributed by atoms with van der Waals surface area (Å²) in [6.45, 7) is -0.0526. The van der Waals surface area contributed by atoms with Gasteiger partial charge >= 0.3 is 0 Å². The lowest BCUT2D eigenvalue weighted by molar-refractivity contribution is 0.282. The summed E-state index contributed by atoms with van der Waals surface area (Å²) < 4.78 is 23.6. The molecular weight excluding hydrogens is 212 g/mol. The zero-order chi connectivity index (χ0) is 10.9. The molecule has 1 fully saturated rings. The highest BCUT2D eigenvalue weighted by Crippen LogP contribution is 2.32. The summed E-state index contributed by atoms with van der Waals surface area (Å²) in [5.41, 5.74) is 0.736. The fraction of sp³-hybridized carbons (Fsp3) is 0.455. The number of aliphatic hydroxyl groups excluding tert-OH is 1. The van der Waals surface area contributed by atoms with Crippen molar-refractivity contribution in [3.05, 3.63) is 29.8 Å². The normalized spacial score (nSPS) is 16.6. The van der Waals surface area contributed by atoms with Gasteiger partial charge in [0.05, 0.1) is 17.3 Å². The second-order valence-electron chi connectivity index (χ2n) is 4.03. The average Bonchev–Trinajstić information content (AvgIpc) is 3.01. The van der Waals surface area contributed by atoms with Gasteiger partial charge in [-0.05, 0) is 36.5 Å². The minimum Gasteiger partial charge on any atom is -0.392 e. The number of hydrogen-bond donors (Lipinski definition) is 1. The molecule has 82 valence electrons. The van der Waals surface area contributed by atoms with Crippen molar-refractivity contribution in [2.45, 2.75) is 24.3 Å². The van der Waals surface area contributed by atoms with Crippen molar-refractivity contribution >= 4 is 9.84 Å². The molecule has 3 nitrogen and oxygen atoms in total. The summed E-state index contributed by atoms with van der Waals surface area (Å²) in [5.74, 6) is 0.637. The molecule has 0 radical (unpaired) electrons. The van der Waals surface area contributed by atoms with Gasteiger partial charge in [-0.1, -0.05) is 12.1 Å². The first-order valence-corrected chi connectivity index (χ1v) is 6.69. The van der Waals surface area contributed by atoms with Crippen LogP contribution in [0.2, 0.25) is 0 Å². The van der Waals surface area contributed by atoms with Crippen molar-refractivity contribution in [1.29, 1.82) is 0 Å². The molecule has 0 amide bonds. The Morgan fingerprint density at radius 1 is 1.20 bits per heavy atom. The van der Waals surface area contributed by atoms with Crippen LogP contribution in [0.4, 0.5) is 0 Å². The summed E-state index contributed by atoms with van der Waals surface area (Å²) >= 11 is 0. The van der Waals surface area contributed by atoms with E-state index in [1.54, 1.807) is 24.3 Å². The van der Waals surface area contributed by atoms with Gasteiger partial charge in [-0.2, -0.15) is 0 Å². The van der Waals surface area contributed by atoms with Gasteiger partial charge in [-0.25, -0.2) is 8.42 Å². The number of aliphatic hydroxyl groups is 1. The Labute approximate surface area is 89.7 Å². The highest BCUT2D eigenvalue weighted by atomic mass is 32.2. The molecule has 1 aromatic carbocycles. The summed E-state index contributed by atoms with van der Waals surface area (Å²) in [7, 11) is -3.10. The zero-order valence-corrected chi connectivity index (χ0v) is 9.20. The van der Waals surface area contributed by atoms with E-state index < -0.39 is 9.84 Å². The lowest BCUT2D eigenvalue weighted by Gasteiger charge is -2.03. The number of rotatable bonds is 4. The molecule has 2 rings (SSSR count). The highest BCUT2D eigenvalue weighted by molar-refractivity contribution is 7.91. The number of benzene rings is 1. The Hall–Kier alpha value is -0.870. The van der Waals surface area contributed by atoms with Gasteiger partial charge in [0.15, 0.2) is 9.84 Å². The summed E-state index contributed by atoms with van der Waals surface area (Å²) in [6, 6.07) is 6.45. The lowest BCUT2D eigenvalue weighted by atomic mass is 10.2.